The second-order valence-electron chi connectivity index (χ2n) is 4.56. The van der Waals surface area contributed by atoms with Gasteiger partial charge in [-0.05, 0) is 18.1 Å². The highest BCUT2D eigenvalue weighted by Crippen LogP contribution is 2.26. The van der Waals surface area contributed by atoms with E-state index in [2.05, 4.69) is 0 Å². The van der Waals surface area contributed by atoms with Gasteiger partial charge in [0.25, 0.3) is 0 Å². The largest absolute Gasteiger partial charge is 0.320 e. The Labute approximate surface area is 107 Å². The summed E-state index contributed by atoms with van der Waals surface area (Å²) in [6.07, 6.45) is 1.66. The molecule has 6 heteroatoms. The Balaban J connectivity index is 2.30. The highest BCUT2D eigenvalue weighted by Gasteiger charge is 2.30. The number of hydrogen-bond donors (Lipinski definition) is 1. The normalized spacial score (nSPS) is 19.8. The van der Waals surface area contributed by atoms with Crippen molar-refractivity contribution in [2.75, 3.05) is 23.5 Å². The van der Waals surface area contributed by atoms with E-state index in [9.17, 15) is 13.2 Å². The number of sulfone groups is 1. The molecule has 0 saturated carbocycles. The summed E-state index contributed by atoms with van der Waals surface area (Å²) in [6, 6.07) is 6.86. The lowest BCUT2D eigenvalue weighted by molar-refractivity contribution is -0.120. The lowest BCUT2D eigenvalue weighted by atomic mass is 9.98. The molecule has 0 fully saturated rings. The fourth-order valence-corrected chi connectivity index (χ4v) is 2.59. The van der Waals surface area contributed by atoms with Gasteiger partial charge in [-0.2, -0.15) is 0 Å². The first-order chi connectivity index (χ1) is 8.38. The fourth-order valence-electron chi connectivity index (χ4n) is 2.08. The smallest absolute Gasteiger partial charge is 0.244 e. The molecule has 2 rings (SSSR count). The Morgan fingerprint density at radius 1 is 1.39 bits per heavy atom. The van der Waals surface area contributed by atoms with E-state index in [-0.39, 0.29) is 18.2 Å². The summed E-state index contributed by atoms with van der Waals surface area (Å²) in [5.41, 5.74) is 7.54. The number of fused-ring (bicyclic) bond motifs is 1. The summed E-state index contributed by atoms with van der Waals surface area (Å²) in [6.45, 7) is 0.155. The minimum Gasteiger partial charge on any atom is -0.320 e. The first-order valence-electron chi connectivity index (χ1n) is 5.71. The van der Waals surface area contributed by atoms with Crippen LogP contribution in [0.1, 0.15) is 5.56 Å². The van der Waals surface area contributed by atoms with Gasteiger partial charge in [-0.25, -0.2) is 8.42 Å². The number of benzene rings is 1. The lowest BCUT2D eigenvalue weighted by Crippen LogP contribution is -2.50. The number of anilines is 1. The molecule has 0 spiro atoms. The van der Waals surface area contributed by atoms with Gasteiger partial charge in [-0.15, -0.1) is 0 Å². The molecule has 1 unspecified atom stereocenters. The molecule has 0 saturated heterocycles. The number of para-hydroxylation sites is 1. The van der Waals surface area contributed by atoms with Crippen LogP contribution in [0, 0.1) is 0 Å². The fraction of sp³-hybridized carbons (Fsp3) is 0.417. The minimum absolute atomic E-state index is 0.0558. The van der Waals surface area contributed by atoms with E-state index < -0.39 is 15.9 Å². The van der Waals surface area contributed by atoms with Crippen LogP contribution in [0.5, 0.6) is 0 Å². The van der Waals surface area contributed by atoms with E-state index >= 15 is 0 Å². The first kappa shape index (κ1) is 13.0. The topological polar surface area (TPSA) is 80.5 Å². The number of carbonyl (C=O) groups excluding carboxylic acids is 1. The number of nitrogens with zero attached hydrogens (tertiary/aromatic N) is 1. The Hall–Kier alpha value is -1.40. The molecule has 5 nitrogen and oxygen atoms in total. The van der Waals surface area contributed by atoms with Gasteiger partial charge in [-0.3, -0.25) is 4.79 Å². The predicted octanol–water partition coefficient (Wildman–Crippen LogP) is -0.0524. The monoisotopic (exact) mass is 268 g/mol. The molecular weight excluding hydrogens is 252 g/mol. The average molecular weight is 268 g/mol. The molecule has 1 aliphatic rings. The van der Waals surface area contributed by atoms with E-state index in [0.717, 1.165) is 17.5 Å². The Morgan fingerprint density at radius 3 is 2.72 bits per heavy atom. The van der Waals surface area contributed by atoms with Crippen LogP contribution in [-0.2, 0) is 21.1 Å². The molecule has 0 aromatic heterocycles. The molecule has 1 atom stereocenters. The number of amides is 1. The third-order valence-corrected chi connectivity index (χ3v) is 3.92. The van der Waals surface area contributed by atoms with Gasteiger partial charge in [0, 0.05) is 18.5 Å². The van der Waals surface area contributed by atoms with Crippen molar-refractivity contribution in [3.63, 3.8) is 0 Å². The molecule has 1 aliphatic heterocycles. The van der Waals surface area contributed by atoms with Crippen molar-refractivity contribution in [2.45, 2.75) is 12.5 Å². The molecule has 0 bridgehead atoms. The van der Waals surface area contributed by atoms with Crippen molar-refractivity contribution in [3.05, 3.63) is 29.8 Å². The van der Waals surface area contributed by atoms with E-state index in [4.69, 9.17) is 5.73 Å². The van der Waals surface area contributed by atoms with Crippen LogP contribution in [0.3, 0.4) is 0 Å². The molecule has 1 amide bonds. The Morgan fingerprint density at radius 2 is 2.06 bits per heavy atom. The van der Waals surface area contributed by atoms with E-state index in [1.165, 1.54) is 4.90 Å². The molecule has 1 aromatic carbocycles. The molecule has 1 heterocycles. The van der Waals surface area contributed by atoms with Crippen LogP contribution in [0.25, 0.3) is 0 Å². The maximum atomic E-state index is 12.0. The number of hydrogen-bond acceptors (Lipinski definition) is 4. The molecule has 1 aromatic rings. The second kappa shape index (κ2) is 4.70. The number of rotatable bonds is 3. The standard InChI is InChI=1S/C12H16N2O3S/c1-18(16,17)7-6-14-11-5-3-2-4-9(11)8-10(13)12(14)15/h2-5,10H,6-8,13H2,1H3. The Bertz CT molecular complexity index is 568. The summed E-state index contributed by atoms with van der Waals surface area (Å²) >= 11 is 0. The van der Waals surface area contributed by atoms with Crippen molar-refractivity contribution >= 4 is 21.4 Å². The summed E-state index contributed by atoms with van der Waals surface area (Å²) < 4.78 is 22.4. The molecular formula is C12H16N2O3S. The zero-order chi connectivity index (χ0) is 13.3. The van der Waals surface area contributed by atoms with E-state index in [1.807, 2.05) is 24.3 Å². The maximum Gasteiger partial charge on any atom is 0.244 e. The average Bonchev–Trinajstić information content (AvgIpc) is 2.28. The summed E-state index contributed by atoms with van der Waals surface area (Å²) in [4.78, 5) is 13.5. The zero-order valence-corrected chi connectivity index (χ0v) is 11.0. The Kier molecular flexibility index (Phi) is 3.41. The van der Waals surface area contributed by atoms with Crippen molar-refractivity contribution < 1.29 is 13.2 Å². The number of carbonyl (C=O) groups is 1. The van der Waals surface area contributed by atoms with Gasteiger partial charge >= 0.3 is 0 Å². The number of nitrogens with two attached hydrogens (primary N) is 1. The SMILES string of the molecule is CS(=O)(=O)CCN1C(=O)C(N)Cc2ccccc21. The van der Waals surface area contributed by atoms with Crippen LogP contribution < -0.4 is 10.6 Å². The molecule has 98 valence electrons. The molecule has 0 aliphatic carbocycles. The molecule has 18 heavy (non-hydrogen) atoms. The van der Waals surface area contributed by atoms with Gasteiger partial charge in [0.15, 0.2) is 0 Å². The van der Waals surface area contributed by atoms with Crippen LogP contribution >= 0.6 is 0 Å². The zero-order valence-electron chi connectivity index (χ0n) is 10.2. The maximum absolute atomic E-state index is 12.0. The second-order valence-corrected chi connectivity index (χ2v) is 6.82. The summed E-state index contributed by atoms with van der Waals surface area (Å²) in [7, 11) is -3.10. The van der Waals surface area contributed by atoms with Gasteiger partial charge in [0.05, 0.1) is 11.8 Å². The van der Waals surface area contributed by atoms with Gasteiger partial charge in [0.1, 0.15) is 9.84 Å². The van der Waals surface area contributed by atoms with Crippen LogP contribution in [0.15, 0.2) is 24.3 Å². The first-order valence-corrected chi connectivity index (χ1v) is 7.77. The van der Waals surface area contributed by atoms with Gasteiger partial charge < -0.3 is 10.6 Å². The summed E-state index contributed by atoms with van der Waals surface area (Å²) in [5.74, 6) is -0.267. The van der Waals surface area contributed by atoms with E-state index in [1.54, 1.807) is 0 Å². The molecule has 0 radical (unpaired) electrons. The highest BCUT2D eigenvalue weighted by atomic mass is 32.2. The van der Waals surface area contributed by atoms with Gasteiger partial charge in [-0.1, -0.05) is 18.2 Å². The van der Waals surface area contributed by atoms with E-state index in [0.29, 0.717) is 6.42 Å². The third kappa shape index (κ3) is 2.70. The molecule has 2 N–H and O–H groups in total. The van der Waals surface area contributed by atoms with Crippen LogP contribution in [-0.4, -0.2) is 38.9 Å². The van der Waals surface area contributed by atoms with Crippen molar-refractivity contribution in [1.29, 1.82) is 0 Å². The van der Waals surface area contributed by atoms with Crippen LogP contribution in [0.2, 0.25) is 0 Å². The quantitative estimate of drug-likeness (QED) is 0.833. The highest BCUT2D eigenvalue weighted by molar-refractivity contribution is 7.90. The van der Waals surface area contributed by atoms with Crippen LogP contribution in [0.4, 0.5) is 5.69 Å². The van der Waals surface area contributed by atoms with Gasteiger partial charge in [0.2, 0.25) is 5.91 Å². The van der Waals surface area contributed by atoms with Crippen molar-refractivity contribution in [1.82, 2.24) is 0 Å². The van der Waals surface area contributed by atoms with Crippen molar-refractivity contribution in [2.24, 2.45) is 5.73 Å². The lowest BCUT2D eigenvalue weighted by Gasteiger charge is -2.32. The summed E-state index contributed by atoms with van der Waals surface area (Å²) in [5, 5.41) is 0. The minimum atomic E-state index is -3.10. The predicted molar refractivity (Wildman–Crippen MR) is 70.2 cm³/mol. The van der Waals surface area contributed by atoms with Crippen molar-refractivity contribution in [3.8, 4) is 0 Å². The third-order valence-electron chi connectivity index (χ3n) is 2.99.